The number of hydrogen-bond donors (Lipinski definition) is 2. The van der Waals surface area contributed by atoms with Crippen LogP contribution in [-0.4, -0.2) is 60.5 Å². The molecular formula is C24H36ClNO11. The van der Waals surface area contributed by atoms with Gasteiger partial charge in [0.25, 0.3) is 0 Å². The maximum Gasteiger partial charge on any atom is 0.514 e. The summed E-state index contributed by atoms with van der Waals surface area (Å²) in [6.07, 6.45) is -4.38. The van der Waals surface area contributed by atoms with Gasteiger partial charge in [0.2, 0.25) is 0 Å². The molecule has 13 heteroatoms. The Bertz CT molecular complexity index is 920. The third kappa shape index (κ3) is 12.0. The van der Waals surface area contributed by atoms with Crippen molar-refractivity contribution in [3.05, 3.63) is 23.8 Å². The molecule has 1 aromatic rings. The minimum atomic E-state index is -1.42. The number of aliphatic carboxylic acids is 1. The predicted octanol–water partition coefficient (Wildman–Crippen LogP) is 4.65. The Morgan fingerprint density at radius 3 is 1.70 bits per heavy atom. The minimum absolute atomic E-state index is 0. The van der Waals surface area contributed by atoms with Crippen LogP contribution in [0.25, 0.3) is 0 Å². The summed E-state index contributed by atoms with van der Waals surface area (Å²) in [6, 6.07) is 2.64. The molecule has 0 bridgehead atoms. The number of carbonyl (C=O) groups is 4. The SMILES string of the molecule is CC(C)OC(=O)OC[C@H](C)C(c1ccc(OC(=O)OC(C)C)c(OC(=O)OC(C)C)c1)[C@H](N)C(=O)O.Cl. The number of nitrogens with two attached hydrogens (primary N) is 1. The van der Waals surface area contributed by atoms with Crippen LogP contribution in [0.5, 0.6) is 11.5 Å². The van der Waals surface area contributed by atoms with E-state index in [1.807, 2.05) is 0 Å². The molecule has 0 saturated heterocycles. The van der Waals surface area contributed by atoms with Gasteiger partial charge in [-0.15, -0.1) is 12.4 Å². The highest BCUT2D eigenvalue weighted by Crippen LogP contribution is 2.36. The van der Waals surface area contributed by atoms with Crippen LogP contribution in [0.3, 0.4) is 0 Å². The molecule has 0 fully saturated rings. The van der Waals surface area contributed by atoms with E-state index >= 15 is 0 Å². The summed E-state index contributed by atoms with van der Waals surface area (Å²) in [5.41, 5.74) is 6.28. The van der Waals surface area contributed by atoms with E-state index in [4.69, 9.17) is 34.2 Å². The van der Waals surface area contributed by atoms with E-state index in [-0.39, 0.29) is 30.5 Å². The second kappa shape index (κ2) is 15.8. The summed E-state index contributed by atoms with van der Waals surface area (Å²) in [7, 11) is 0. The molecule has 210 valence electrons. The van der Waals surface area contributed by atoms with Crippen molar-refractivity contribution < 1.29 is 52.7 Å². The number of ether oxygens (including phenoxy) is 6. The predicted molar refractivity (Wildman–Crippen MR) is 133 cm³/mol. The molecule has 1 rings (SSSR count). The van der Waals surface area contributed by atoms with Crippen molar-refractivity contribution in [3.63, 3.8) is 0 Å². The van der Waals surface area contributed by atoms with Crippen molar-refractivity contribution in [2.45, 2.75) is 78.7 Å². The Kier molecular flexibility index (Phi) is 14.4. The molecule has 37 heavy (non-hydrogen) atoms. The van der Waals surface area contributed by atoms with Gasteiger partial charge in [-0.2, -0.15) is 0 Å². The molecule has 0 heterocycles. The van der Waals surface area contributed by atoms with Gasteiger partial charge in [-0.1, -0.05) is 13.0 Å². The highest BCUT2D eigenvalue weighted by atomic mass is 35.5. The number of carboxylic acid groups (broad SMARTS) is 1. The minimum Gasteiger partial charge on any atom is -0.480 e. The quantitative estimate of drug-likeness (QED) is 0.223. The van der Waals surface area contributed by atoms with Gasteiger partial charge in [0, 0.05) is 5.92 Å². The van der Waals surface area contributed by atoms with Gasteiger partial charge in [-0.3, -0.25) is 4.79 Å². The fourth-order valence-electron chi connectivity index (χ4n) is 3.08. The molecule has 3 atom stereocenters. The fraction of sp³-hybridized carbons (Fsp3) is 0.583. The van der Waals surface area contributed by atoms with Gasteiger partial charge in [-0.25, -0.2) is 14.4 Å². The summed E-state index contributed by atoms with van der Waals surface area (Å²) >= 11 is 0. The first-order chi connectivity index (χ1) is 16.7. The summed E-state index contributed by atoms with van der Waals surface area (Å²) in [5, 5.41) is 9.58. The second-order valence-electron chi connectivity index (χ2n) is 8.84. The maximum atomic E-state index is 12.2. The number of halogens is 1. The Morgan fingerprint density at radius 1 is 0.784 bits per heavy atom. The number of benzene rings is 1. The molecule has 1 unspecified atom stereocenters. The lowest BCUT2D eigenvalue weighted by molar-refractivity contribution is -0.139. The van der Waals surface area contributed by atoms with Gasteiger partial charge < -0.3 is 39.3 Å². The largest absolute Gasteiger partial charge is 0.514 e. The highest BCUT2D eigenvalue weighted by molar-refractivity contribution is 5.85. The average molecular weight is 550 g/mol. The van der Waals surface area contributed by atoms with Crippen molar-refractivity contribution >= 4 is 36.8 Å². The zero-order valence-electron chi connectivity index (χ0n) is 21.9. The average Bonchev–Trinajstić information content (AvgIpc) is 2.72. The van der Waals surface area contributed by atoms with Crippen LogP contribution in [0.4, 0.5) is 14.4 Å². The Hall–Kier alpha value is -3.25. The first kappa shape index (κ1) is 33.8. The van der Waals surface area contributed by atoms with E-state index in [9.17, 15) is 24.3 Å². The molecule has 0 radical (unpaired) electrons. The van der Waals surface area contributed by atoms with Crippen molar-refractivity contribution in [3.8, 4) is 11.5 Å². The normalized spacial score (nSPS) is 13.2. The zero-order chi connectivity index (χ0) is 27.6. The second-order valence-corrected chi connectivity index (χ2v) is 8.84. The van der Waals surface area contributed by atoms with Gasteiger partial charge in [-0.05, 0) is 65.2 Å². The Labute approximate surface area is 222 Å². The third-order valence-corrected chi connectivity index (χ3v) is 4.48. The first-order valence-electron chi connectivity index (χ1n) is 11.4. The topological polar surface area (TPSA) is 170 Å². The molecule has 0 aliphatic heterocycles. The molecule has 0 aliphatic carbocycles. The molecule has 3 N–H and O–H groups in total. The molecular weight excluding hydrogens is 514 g/mol. The van der Waals surface area contributed by atoms with E-state index in [1.54, 1.807) is 48.5 Å². The van der Waals surface area contributed by atoms with Gasteiger partial charge in [0.05, 0.1) is 24.9 Å². The maximum absolute atomic E-state index is 12.2. The van der Waals surface area contributed by atoms with Crippen molar-refractivity contribution in [2.24, 2.45) is 11.7 Å². The lowest BCUT2D eigenvalue weighted by Gasteiger charge is -2.28. The van der Waals surface area contributed by atoms with Gasteiger partial charge in [0.1, 0.15) is 6.04 Å². The van der Waals surface area contributed by atoms with E-state index in [2.05, 4.69) is 0 Å². The monoisotopic (exact) mass is 549 g/mol. The lowest BCUT2D eigenvalue weighted by Crippen LogP contribution is -2.40. The Balaban J connectivity index is 0.0000130. The number of carbonyl (C=O) groups excluding carboxylic acids is 3. The van der Waals surface area contributed by atoms with Crippen molar-refractivity contribution in [2.75, 3.05) is 6.61 Å². The standard InChI is InChI=1S/C24H35NO11.ClH/c1-12(2)32-22(28)31-11-15(7)19(20(25)21(26)27)16-8-9-17(35-23(29)33-13(3)4)18(10-16)36-24(30)34-14(5)6;/h8-10,12-15,19-20H,11,25H2,1-7H3,(H,26,27);1H/t15-,19?,20-;/m0./s1. The molecule has 12 nitrogen and oxygen atoms in total. The van der Waals surface area contributed by atoms with Gasteiger partial charge in [0.15, 0.2) is 11.5 Å². The third-order valence-electron chi connectivity index (χ3n) is 4.48. The number of hydrogen-bond acceptors (Lipinski definition) is 11. The summed E-state index contributed by atoms with van der Waals surface area (Å²) in [5.74, 6) is -3.22. The summed E-state index contributed by atoms with van der Waals surface area (Å²) < 4.78 is 30.3. The zero-order valence-corrected chi connectivity index (χ0v) is 22.7. The van der Waals surface area contributed by atoms with Crippen LogP contribution in [-0.2, 0) is 23.7 Å². The van der Waals surface area contributed by atoms with E-state index < -0.39 is 60.6 Å². The molecule has 0 saturated carbocycles. The Morgan fingerprint density at radius 2 is 1.24 bits per heavy atom. The summed E-state index contributed by atoms with van der Waals surface area (Å²) in [4.78, 5) is 47.7. The number of rotatable bonds is 11. The molecule has 0 amide bonds. The highest BCUT2D eigenvalue weighted by Gasteiger charge is 2.33. The molecule has 0 aliphatic rings. The smallest absolute Gasteiger partial charge is 0.480 e. The van der Waals surface area contributed by atoms with Crippen LogP contribution in [0, 0.1) is 5.92 Å². The van der Waals surface area contributed by atoms with E-state index in [0.29, 0.717) is 5.56 Å². The van der Waals surface area contributed by atoms with Crippen molar-refractivity contribution in [1.82, 2.24) is 0 Å². The molecule has 0 aromatic heterocycles. The van der Waals surface area contributed by atoms with Crippen LogP contribution < -0.4 is 15.2 Å². The fourth-order valence-corrected chi connectivity index (χ4v) is 3.08. The van der Waals surface area contributed by atoms with E-state index in [1.165, 1.54) is 18.2 Å². The van der Waals surface area contributed by atoms with Crippen molar-refractivity contribution in [1.29, 1.82) is 0 Å². The first-order valence-corrected chi connectivity index (χ1v) is 11.4. The number of carboxylic acids is 1. The van der Waals surface area contributed by atoms with Crippen LogP contribution >= 0.6 is 12.4 Å². The lowest BCUT2D eigenvalue weighted by atomic mass is 9.82. The molecule has 0 spiro atoms. The van der Waals surface area contributed by atoms with Gasteiger partial charge >= 0.3 is 24.4 Å². The van der Waals surface area contributed by atoms with E-state index in [0.717, 1.165) is 0 Å². The molecule has 1 aromatic carbocycles. The van der Waals surface area contributed by atoms with Crippen LogP contribution in [0.1, 0.15) is 59.9 Å². The van der Waals surface area contributed by atoms with Crippen LogP contribution in [0.15, 0.2) is 18.2 Å². The van der Waals surface area contributed by atoms with Crippen LogP contribution in [0.2, 0.25) is 0 Å². The summed E-state index contributed by atoms with van der Waals surface area (Å²) in [6.45, 7) is 11.2.